The molecule has 1 aliphatic carbocycles. The summed E-state index contributed by atoms with van der Waals surface area (Å²) in [4.78, 5) is 4.05. The van der Waals surface area contributed by atoms with Crippen LogP contribution in [0.3, 0.4) is 0 Å². The second-order valence-corrected chi connectivity index (χ2v) is 5.03. The molecule has 0 aromatic carbocycles. The first-order valence-electron chi connectivity index (χ1n) is 6.38. The van der Waals surface area contributed by atoms with E-state index in [1.165, 1.54) is 25.7 Å². The van der Waals surface area contributed by atoms with Gasteiger partial charge in [-0.3, -0.25) is 0 Å². The number of anilines is 1. The van der Waals surface area contributed by atoms with Crippen LogP contribution in [-0.4, -0.2) is 11.5 Å². The fraction of sp³-hybridized carbons (Fsp3) is 0.571. The molecule has 0 spiro atoms. The number of nitrogens with one attached hydrogen (secondary N) is 1. The van der Waals surface area contributed by atoms with Crippen molar-refractivity contribution in [1.29, 1.82) is 5.26 Å². The van der Waals surface area contributed by atoms with Crippen LogP contribution in [-0.2, 0) is 0 Å². The number of pyridine rings is 1. The number of hydrogen-bond donors (Lipinski definition) is 1. The number of hydrogen-bond acceptors (Lipinski definition) is 3. The molecule has 0 radical (unpaired) electrons. The molecule has 0 amide bonds. The van der Waals surface area contributed by atoms with E-state index < -0.39 is 0 Å². The Hall–Kier alpha value is -1.56. The van der Waals surface area contributed by atoms with Crippen LogP contribution >= 0.6 is 0 Å². The van der Waals surface area contributed by atoms with Gasteiger partial charge in [-0.2, -0.15) is 5.26 Å². The van der Waals surface area contributed by atoms with Gasteiger partial charge in [0.1, 0.15) is 6.07 Å². The molecule has 2 atom stereocenters. The summed E-state index contributed by atoms with van der Waals surface area (Å²) in [7, 11) is 0. The highest BCUT2D eigenvalue weighted by molar-refractivity contribution is 5.53. The van der Waals surface area contributed by atoms with Crippen LogP contribution in [0.25, 0.3) is 0 Å². The topological polar surface area (TPSA) is 48.7 Å². The van der Waals surface area contributed by atoms with Crippen LogP contribution in [0.15, 0.2) is 18.3 Å². The van der Waals surface area contributed by atoms with Crippen molar-refractivity contribution in [1.82, 2.24) is 4.98 Å². The van der Waals surface area contributed by atoms with Crippen molar-refractivity contribution < 1.29 is 0 Å². The summed E-state index contributed by atoms with van der Waals surface area (Å²) < 4.78 is 0. The van der Waals surface area contributed by atoms with E-state index in [0.717, 1.165) is 24.1 Å². The van der Waals surface area contributed by atoms with Gasteiger partial charge in [0.05, 0.1) is 5.69 Å². The standard InChI is InChI=1S/C14H19N3/c1-11-4-2-5-12(8-11)10-17-13-6-3-7-16-14(13)9-15/h3,6-7,11-12,17H,2,4-5,8,10H2,1H3. The van der Waals surface area contributed by atoms with Gasteiger partial charge >= 0.3 is 0 Å². The van der Waals surface area contributed by atoms with E-state index in [1.807, 2.05) is 12.1 Å². The van der Waals surface area contributed by atoms with Crippen molar-refractivity contribution in [2.24, 2.45) is 11.8 Å². The molecule has 1 heterocycles. The minimum Gasteiger partial charge on any atom is -0.382 e. The van der Waals surface area contributed by atoms with Gasteiger partial charge in [0.25, 0.3) is 0 Å². The lowest BCUT2D eigenvalue weighted by molar-refractivity contribution is 0.293. The molecule has 3 nitrogen and oxygen atoms in total. The molecule has 1 aliphatic rings. The Bertz CT molecular complexity index is 408. The number of nitrogens with zero attached hydrogens (tertiary/aromatic N) is 2. The summed E-state index contributed by atoms with van der Waals surface area (Å²) in [5, 5.41) is 12.3. The van der Waals surface area contributed by atoms with E-state index in [9.17, 15) is 0 Å². The SMILES string of the molecule is CC1CCCC(CNc2cccnc2C#N)C1. The zero-order valence-electron chi connectivity index (χ0n) is 10.3. The maximum Gasteiger partial charge on any atom is 0.163 e. The van der Waals surface area contributed by atoms with Gasteiger partial charge in [0, 0.05) is 12.7 Å². The van der Waals surface area contributed by atoms with Crippen molar-refractivity contribution >= 4 is 5.69 Å². The zero-order chi connectivity index (χ0) is 12.1. The molecule has 17 heavy (non-hydrogen) atoms. The average Bonchev–Trinajstić information content (AvgIpc) is 2.37. The Labute approximate surface area is 103 Å². The second-order valence-electron chi connectivity index (χ2n) is 5.03. The summed E-state index contributed by atoms with van der Waals surface area (Å²) in [5.41, 5.74) is 1.37. The number of rotatable bonds is 3. The molecule has 2 unspecified atom stereocenters. The van der Waals surface area contributed by atoms with Crippen molar-refractivity contribution in [3.8, 4) is 6.07 Å². The first-order chi connectivity index (χ1) is 8.29. The van der Waals surface area contributed by atoms with Gasteiger partial charge in [-0.15, -0.1) is 0 Å². The van der Waals surface area contributed by atoms with Gasteiger partial charge in [0.2, 0.25) is 0 Å². The van der Waals surface area contributed by atoms with Crippen LogP contribution in [0.1, 0.15) is 38.3 Å². The number of aromatic nitrogens is 1. The van der Waals surface area contributed by atoms with Crippen molar-refractivity contribution in [2.45, 2.75) is 32.6 Å². The normalized spacial score (nSPS) is 24.0. The molecule has 1 aromatic heterocycles. The predicted octanol–water partition coefficient (Wildman–Crippen LogP) is 3.19. The first-order valence-corrected chi connectivity index (χ1v) is 6.38. The summed E-state index contributed by atoms with van der Waals surface area (Å²) in [6.07, 6.45) is 6.97. The lowest BCUT2D eigenvalue weighted by Gasteiger charge is -2.27. The highest BCUT2D eigenvalue weighted by atomic mass is 14.9. The molecule has 1 N–H and O–H groups in total. The molecular formula is C14H19N3. The zero-order valence-corrected chi connectivity index (χ0v) is 10.3. The fourth-order valence-electron chi connectivity index (χ4n) is 2.64. The van der Waals surface area contributed by atoms with Gasteiger partial charge in [-0.05, 0) is 36.8 Å². The van der Waals surface area contributed by atoms with Crippen molar-refractivity contribution in [3.05, 3.63) is 24.0 Å². The Morgan fingerprint density at radius 1 is 1.53 bits per heavy atom. The molecule has 1 saturated carbocycles. The Kier molecular flexibility index (Phi) is 3.98. The summed E-state index contributed by atoms with van der Waals surface area (Å²) in [6.45, 7) is 3.29. The van der Waals surface area contributed by atoms with Gasteiger partial charge in [-0.25, -0.2) is 4.98 Å². The molecule has 0 aliphatic heterocycles. The summed E-state index contributed by atoms with van der Waals surface area (Å²) in [5.74, 6) is 1.59. The van der Waals surface area contributed by atoms with Crippen LogP contribution in [0.2, 0.25) is 0 Å². The molecular weight excluding hydrogens is 210 g/mol. The lowest BCUT2D eigenvalue weighted by atomic mass is 9.82. The number of nitriles is 1. The van der Waals surface area contributed by atoms with E-state index >= 15 is 0 Å². The van der Waals surface area contributed by atoms with E-state index in [0.29, 0.717) is 5.69 Å². The lowest BCUT2D eigenvalue weighted by Crippen LogP contribution is -2.21. The van der Waals surface area contributed by atoms with E-state index in [1.54, 1.807) is 6.20 Å². The van der Waals surface area contributed by atoms with Gasteiger partial charge in [0.15, 0.2) is 5.69 Å². The highest BCUT2D eigenvalue weighted by Crippen LogP contribution is 2.28. The molecule has 2 rings (SSSR count). The predicted molar refractivity (Wildman–Crippen MR) is 68.6 cm³/mol. The molecule has 0 saturated heterocycles. The van der Waals surface area contributed by atoms with Crippen LogP contribution in [0.5, 0.6) is 0 Å². The summed E-state index contributed by atoms with van der Waals surface area (Å²) in [6, 6.07) is 5.91. The van der Waals surface area contributed by atoms with Crippen LogP contribution in [0.4, 0.5) is 5.69 Å². The van der Waals surface area contributed by atoms with E-state index in [4.69, 9.17) is 5.26 Å². The fourth-order valence-corrected chi connectivity index (χ4v) is 2.64. The third-order valence-corrected chi connectivity index (χ3v) is 3.54. The first kappa shape index (κ1) is 11.9. The van der Waals surface area contributed by atoms with Crippen molar-refractivity contribution in [3.63, 3.8) is 0 Å². The Balaban J connectivity index is 1.91. The molecule has 1 aromatic rings. The smallest absolute Gasteiger partial charge is 0.163 e. The quantitative estimate of drug-likeness (QED) is 0.866. The Morgan fingerprint density at radius 3 is 3.18 bits per heavy atom. The van der Waals surface area contributed by atoms with Crippen LogP contribution in [0, 0.1) is 23.2 Å². The maximum absolute atomic E-state index is 8.94. The van der Waals surface area contributed by atoms with E-state index in [-0.39, 0.29) is 0 Å². The molecule has 1 fully saturated rings. The Morgan fingerprint density at radius 2 is 2.41 bits per heavy atom. The van der Waals surface area contributed by atoms with Crippen molar-refractivity contribution in [2.75, 3.05) is 11.9 Å². The van der Waals surface area contributed by atoms with Gasteiger partial charge in [-0.1, -0.05) is 19.8 Å². The maximum atomic E-state index is 8.94. The minimum absolute atomic E-state index is 0.497. The molecule has 90 valence electrons. The van der Waals surface area contributed by atoms with E-state index in [2.05, 4.69) is 23.3 Å². The van der Waals surface area contributed by atoms with Gasteiger partial charge < -0.3 is 5.32 Å². The average molecular weight is 229 g/mol. The second kappa shape index (κ2) is 5.67. The highest BCUT2D eigenvalue weighted by Gasteiger charge is 2.18. The third-order valence-electron chi connectivity index (χ3n) is 3.54. The minimum atomic E-state index is 0.497. The molecule has 3 heteroatoms. The van der Waals surface area contributed by atoms with Crippen LogP contribution < -0.4 is 5.32 Å². The largest absolute Gasteiger partial charge is 0.382 e. The monoisotopic (exact) mass is 229 g/mol. The third kappa shape index (κ3) is 3.20. The summed E-state index contributed by atoms with van der Waals surface area (Å²) >= 11 is 0. The molecule has 0 bridgehead atoms.